The average Bonchev–Trinajstić information content (AvgIpc) is 3.02. The zero-order valence-corrected chi connectivity index (χ0v) is 12.7. The number of fused-ring (bicyclic) bond motifs is 2. The lowest BCUT2D eigenvalue weighted by atomic mass is 10.0. The molecule has 1 N–H and O–H groups in total. The van der Waals surface area contributed by atoms with Gasteiger partial charge in [0.05, 0.1) is 5.69 Å². The number of nitrogens with one attached hydrogen (secondary N) is 1. The molecular formula is C17H16N4O2. The monoisotopic (exact) mass is 308 g/mol. The number of aryl methyl sites for hydroxylation is 1. The number of aromatic amines is 1. The molecule has 0 radical (unpaired) electrons. The predicted octanol–water partition coefficient (Wildman–Crippen LogP) is 1.46. The third-order valence-corrected chi connectivity index (χ3v) is 4.33. The Labute approximate surface area is 132 Å². The van der Waals surface area contributed by atoms with E-state index in [4.69, 9.17) is 0 Å². The van der Waals surface area contributed by atoms with Crippen molar-refractivity contribution < 1.29 is 4.79 Å². The van der Waals surface area contributed by atoms with Gasteiger partial charge in [0.2, 0.25) is 0 Å². The molecule has 6 nitrogen and oxygen atoms in total. The van der Waals surface area contributed by atoms with Gasteiger partial charge in [-0.15, -0.1) is 0 Å². The molecule has 0 aliphatic carbocycles. The van der Waals surface area contributed by atoms with E-state index in [9.17, 15) is 9.59 Å². The van der Waals surface area contributed by atoms with E-state index in [1.54, 1.807) is 18.0 Å². The van der Waals surface area contributed by atoms with E-state index in [2.05, 4.69) is 10.1 Å². The fraction of sp³-hybridized carbons (Fsp3) is 0.235. The summed E-state index contributed by atoms with van der Waals surface area (Å²) in [6, 6.07) is 9.21. The molecule has 0 spiro atoms. The maximum atomic E-state index is 12.7. The van der Waals surface area contributed by atoms with Gasteiger partial charge >= 0.3 is 0 Å². The first-order valence-electron chi connectivity index (χ1n) is 7.54. The number of nitrogens with zero attached hydrogens (tertiary/aromatic N) is 3. The zero-order chi connectivity index (χ0) is 16.0. The first kappa shape index (κ1) is 13.8. The van der Waals surface area contributed by atoms with E-state index in [0.717, 1.165) is 22.2 Å². The molecule has 0 saturated carbocycles. The van der Waals surface area contributed by atoms with Crippen LogP contribution in [-0.4, -0.2) is 32.1 Å². The first-order chi connectivity index (χ1) is 11.1. The van der Waals surface area contributed by atoms with Gasteiger partial charge < -0.3 is 9.88 Å². The van der Waals surface area contributed by atoms with Crippen molar-refractivity contribution in [2.24, 2.45) is 7.05 Å². The van der Waals surface area contributed by atoms with Gasteiger partial charge in [0.15, 0.2) is 0 Å². The molecule has 1 amide bonds. The predicted molar refractivity (Wildman–Crippen MR) is 86.2 cm³/mol. The number of carbonyl (C=O) groups is 1. The van der Waals surface area contributed by atoms with Gasteiger partial charge in [-0.05, 0) is 23.6 Å². The molecular weight excluding hydrogens is 292 g/mol. The number of hydrogen-bond donors (Lipinski definition) is 1. The lowest BCUT2D eigenvalue weighted by Crippen LogP contribution is -2.38. The number of carbonyl (C=O) groups excluding carboxylic acids is 1. The number of amides is 1. The molecule has 2 aromatic heterocycles. The minimum absolute atomic E-state index is 0.0205. The van der Waals surface area contributed by atoms with Gasteiger partial charge in [-0.25, -0.2) is 4.68 Å². The van der Waals surface area contributed by atoms with Crippen LogP contribution in [0.2, 0.25) is 0 Å². The smallest absolute Gasteiger partial charge is 0.266 e. The quantitative estimate of drug-likeness (QED) is 0.740. The molecule has 0 bridgehead atoms. The Kier molecular flexibility index (Phi) is 3.04. The van der Waals surface area contributed by atoms with Crippen molar-refractivity contribution in [1.29, 1.82) is 0 Å². The van der Waals surface area contributed by atoms with Crippen molar-refractivity contribution >= 4 is 16.8 Å². The van der Waals surface area contributed by atoms with E-state index in [-0.39, 0.29) is 11.5 Å². The molecule has 23 heavy (non-hydrogen) atoms. The maximum absolute atomic E-state index is 12.7. The largest absolute Gasteiger partial charge is 0.361 e. The normalized spacial score (nSPS) is 14.0. The summed E-state index contributed by atoms with van der Waals surface area (Å²) in [6.45, 7) is 1.04. The minimum atomic E-state index is -0.147. The van der Waals surface area contributed by atoms with Crippen molar-refractivity contribution in [1.82, 2.24) is 19.7 Å². The molecule has 0 fully saturated rings. The molecule has 3 heterocycles. The Morgan fingerprint density at radius 3 is 3.00 bits per heavy atom. The molecule has 1 aromatic carbocycles. The summed E-state index contributed by atoms with van der Waals surface area (Å²) in [5, 5.41) is 5.36. The van der Waals surface area contributed by atoms with Crippen LogP contribution in [0, 0.1) is 0 Å². The fourth-order valence-corrected chi connectivity index (χ4v) is 3.03. The number of rotatable bonds is 1. The summed E-state index contributed by atoms with van der Waals surface area (Å²) in [7, 11) is 1.64. The summed E-state index contributed by atoms with van der Waals surface area (Å²) in [5.74, 6) is -0.0205. The topological polar surface area (TPSA) is 71.0 Å². The van der Waals surface area contributed by atoms with Crippen molar-refractivity contribution in [2.75, 3.05) is 6.54 Å². The summed E-state index contributed by atoms with van der Waals surface area (Å²) >= 11 is 0. The number of H-pyrrole nitrogens is 1. The lowest BCUT2D eigenvalue weighted by Gasteiger charge is -2.28. The lowest BCUT2D eigenvalue weighted by molar-refractivity contribution is 0.0733. The molecule has 1 aliphatic heterocycles. The van der Waals surface area contributed by atoms with Crippen LogP contribution in [0.25, 0.3) is 10.9 Å². The first-order valence-corrected chi connectivity index (χ1v) is 7.54. The van der Waals surface area contributed by atoms with Gasteiger partial charge in [0.25, 0.3) is 11.5 Å². The Balaban J connectivity index is 1.64. The third-order valence-electron chi connectivity index (χ3n) is 4.33. The van der Waals surface area contributed by atoms with Crippen LogP contribution in [0.15, 0.2) is 41.3 Å². The van der Waals surface area contributed by atoms with E-state index >= 15 is 0 Å². The highest BCUT2D eigenvalue weighted by Crippen LogP contribution is 2.20. The van der Waals surface area contributed by atoms with Crippen LogP contribution < -0.4 is 5.56 Å². The Bertz CT molecular complexity index is 970. The maximum Gasteiger partial charge on any atom is 0.266 e. The highest BCUT2D eigenvalue weighted by Gasteiger charge is 2.23. The van der Waals surface area contributed by atoms with Crippen LogP contribution >= 0.6 is 0 Å². The summed E-state index contributed by atoms with van der Waals surface area (Å²) in [5.41, 5.74) is 3.19. The summed E-state index contributed by atoms with van der Waals surface area (Å²) in [4.78, 5) is 29.4. The SMILES string of the molecule is Cn1nc2c(cc1=O)CN(C(=O)c1ccc3cc[nH]c3c1)CC2. The van der Waals surface area contributed by atoms with Crippen molar-refractivity contribution in [3.63, 3.8) is 0 Å². The highest BCUT2D eigenvalue weighted by atomic mass is 16.2. The molecule has 0 unspecified atom stereocenters. The number of hydrogen-bond acceptors (Lipinski definition) is 3. The van der Waals surface area contributed by atoms with Gasteiger partial charge in [-0.1, -0.05) is 6.07 Å². The van der Waals surface area contributed by atoms with E-state index in [1.807, 2.05) is 30.5 Å². The second-order valence-electron chi connectivity index (χ2n) is 5.83. The van der Waals surface area contributed by atoms with Gasteiger partial charge in [0.1, 0.15) is 0 Å². The number of benzene rings is 1. The van der Waals surface area contributed by atoms with E-state index in [1.165, 1.54) is 4.68 Å². The zero-order valence-electron chi connectivity index (χ0n) is 12.7. The average molecular weight is 308 g/mol. The number of aromatic nitrogens is 3. The molecule has 4 rings (SSSR count). The molecule has 116 valence electrons. The second kappa shape index (κ2) is 5.08. The van der Waals surface area contributed by atoms with Gasteiger partial charge in [-0.3, -0.25) is 9.59 Å². The molecule has 3 aromatic rings. The van der Waals surface area contributed by atoms with Gasteiger partial charge in [0, 0.05) is 55.5 Å². The van der Waals surface area contributed by atoms with Crippen molar-refractivity contribution in [3.05, 3.63) is 63.7 Å². The second-order valence-corrected chi connectivity index (χ2v) is 5.83. The van der Waals surface area contributed by atoms with Crippen LogP contribution in [0.3, 0.4) is 0 Å². The highest BCUT2D eigenvalue weighted by molar-refractivity contribution is 5.98. The Hall–Kier alpha value is -2.89. The van der Waals surface area contributed by atoms with E-state index in [0.29, 0.717) is 25.1 Å². The molecule has 0 saturated heterocycles. The molecule has 1 aliphatic rings. The van der Waals surface area contributed by atoms with Crippen molar-refractivity contribution in [2.45, 2.75) is 13.0 Å². The van der Waals surface area contributed by atoms with Crippen LogP contribution in [0.1, 0.15) is 21.6 Å². The Morgan fingerprint density at radius 1 is 1.26 bits per heavy atom. The van der Waals surface area contributed by atoms with Crippen LogP contribution in [0.5, 0.6) is 0 Å². The fourth-order valence-electron chi connectivity index (χ4n) is 3.03. The molecule has 6 heteroatoms. The van der Waals surface area contributed by atoms with Gasteiger partial charge in [-0.2, -0.15) is 5.10 Å². The van der Waals surface area contributed by atoms with Crippen molar-refractivity contribution in [3.8, 4) is 0 Å². The third kappa shape index (κ3) is 2.32. The summed E-state index contributed by atoms with van der Waals surface area (Å²) in [6.07, 6.45) is 2.53. The van der Waals surface area contributed by atoms with Crippen LogP contribution in [-0.2, 0) is 20.0 Å². The minimum Gasteiger partial charge on any atom is -0.361 e. The van der Waals surface area contributed by atoms with Crippen LogP contribution in [0.4, 0.5) is 0 Å². The van der Waals surface area contributed by atoms with E-state index < -0.39 is 0 Å². The Morgan fingerprint density at radius 2 is 2.13 bits per heavy atom. The molecule has 0 atom stereocenters. The standard InChI is InChI=1S/C17H16N4O2/c1-20-16(22)9-13-10-21(7-5-14(13)19-20)17(23)12-3-2-11-4-6-18-15(11)8-12/h2-4,6,8-9,18H,5,7,10H2,1H3. The summed E-state index contributed by atoms with van der Waals surface area (Å²) < 4.78 is 1.34.